The Bertz CT molecular complexity index is 530. The van der Waals surface area contributed by atoms with E-state index < -0.39 is 12.0 Å². The lowest BCUT2D eigenvalue weighted by atomic mass is 10.1. The van der Waals surface area contributed by atoms with E-state index >= 15 is 0 Å². The van der Waals surface area contributed by atoms with E-state index in [4.69, 9.17) is 0 Å². The van der Waals surface area contributed by atoms with Gasteiger partial charge in [-0.3, -0.25) is 4.79 Å². The number of hydrogen-bond donors (Lipinski definition) is 1. The molecular formula is C15H18BrNO3. The molecule has 1 aliphatic heterocycles. The molecule has 1 amide bonds. The Morgan fingerprint density at radius 2 is 2.05 bits per heavy atom. The zero-order valence-electron chi connectivity index (χ0n) is 11.4. The average Bonchev–Trinajstić information content (AvgIpc) is 2.66. The summed E-state index contributed by atoms with van der Waals surface area (Å²) in [6.07, 6.45) is 3.24. The van der Waals surface area contributed by atoms with Gasteiger partial charge in [0.1, 0.15) is 6.04 Å². The van der Waals surface area contributed by atoms with E-state index in [1.165, 1.54) is 4.90 Å². The van der Waals surface area contributed by atoms with Gasteiger partial charge in [0, 0.05) is 16.6 Å². The molecule has 2 rings (SSSR count). The molecule has 4 nitrogen and oxygen atoms in total. The SMILES string of the molecule is Cc1ccc(C(=O)N2CCCCCC2C(=O)O)cc1Br. The zero-order chi connectivity index (χ0) is 14.7. The van der Waals surface area contributed by atoms with Crippen LogP contribution in [0.25, 0.3) is 0 Å². The maximum atomic E-state index is 12.6. The number of aryl methyl sites for hydroxylation is 1. The minimum Gasteiger partial charge on any atom is -0.480 e. The molecule has 0 radical (unpaired) electrons. The number of benzene rings is 1. The van der Waals surface area contributed by atoms with Gasteiger partial charge in [-0.15, -0.1) is 0 Å². The average molecular weight is 340 g/mol. The second-order valence-electron chi connectivity index (χ2n) is 5.17. The Kier molecular flexibility index (Phi) is 4.81. The van der Waals surface area contributed by atoms with Crippen molar-refractivity contribution in [3.8, 4) is 0 Å². The number of carboxylic acid groups (broad SMARTS) is 1. The predicted octanol–water partition coefficient (Wildman–Crippen LogP) is 3.23. The largest absolute Gasteiger partial charge is 0.480 e. The number of amides is 1. The van der Waals surface area contributed by atoms with Gasteiger partial charge in [-0.05, 0) is 37.5 Å². The Morgan fingerprint density at radius 3 is 2.70 bits per heavy atom. The molecule has 1 saturated heterocycles. The topological polar surface area (TPSA) is 57.6 Å². The van der Waals surface area contributed by atoms with Gasteiger partial charge in [0.05, 0.1) is 0 Å². The standard InChI is InChI=1S/C15H18BrNO3/c1-10-6-7-11(9-12(10)16)14(18)17-8-4-2-3-5-13(17)15(19)20/h6-7,9,13H,2-5,8H2,1H3,(H,19,20). The van der Waals surface area contributed by atoms with Gasteiger partial charge in [-0.2, -0.15) is 0 Å². The number of carbonyl (C=O) groups excluding carboxylic acids is 1. The van der Waals surface area contributed by atoms with Crippen LogP contribution in [0, 0.1) is 6.92 Å². The van der Waals surface area contributed by atoms with Crippen LogP contribution in [0.2, 0.25) is 0 Å². The van der Waals surface area contributed by atoms with E-state index in [2.05, 4.69) is 15.9 Å². The first-order valence-corrected chi connectivity index (χ1v) is 7.60. The molecule has 1 aliphatic rings. The number of likely N-dealkylation sites (tertiary alicyclic amines) is 1. The summed E-state index contributed by atoms with van der Waals surface area (Å²) in [5.74, 6) is -1.11. The number of rotatable bonds is 2. The smallest absolute Gasteiger partial charge is 0.326 e. The second-order valence-corrected chi connectivity index (χ2v) is 6.02. The Morgan fingerprint density at radius 1 is 1.30 bits per heavy atom. The number of hydrogen-bond acceptors (Lipinski definition) is 2. The van der Waals surface area contributed by atoms with Gasteiger partial charge in [0.15, 0.2) is 0 Å². The molecular weight excluding hydrogens is 322 g/mol. The molecule has 1 N–H and O–H groups in total. The van der Waals surface area contributed by atoms with E-state index in [0.29, 0.717) is 18.5 Å². The van der Waals surface area contributed by atoms with Crippen molar-refractivity contribution in [3.63, 3.8) is 0 Å². The van der Waals surface area contributed by atoms with Crippen molar-refractivity contribution in [2.75, 3.05) is 6.54 Å². The van der Waals surface area contributed by atoms with Crippen molar-refractivity contribution in [1.29, 1.82) is 0 Å². The summed E-state index contributed by atoms with van der Waals surface area (Å²) < 4.78 is 0.866. The number of carbonyl (C=O) groups is 2. The minimum absolute atomic E-state index is 0.194. The Hall–Kier alpha value is -1.36. The van der Waals surface area contributed by atoms with Crippen LogP contribution >= 0.6 is 15.9 Å². The van der Waals surface area contributed by atoms with Crippen molar-refractivity contribution in [3.05, 3.63) is 33.8 Å². The van der Waals surface area contributed by atoms with Crippen LogP contribution in [-0.4, -0.2) is 34.5 Å². The van der Waals surface area contributed by atoms with Gasteiger partial charge < -0.3 is 10.0 Å². The summed E-state index contributed by atoms with van der Waals surface area (Å²) in [4.78, 5) is 25.5. The van der Waals surface area contributed by atoms with Crippen LogP contribution in [0.4, 0.5) is 0 Å². The molecule has 1 heterocycles. The van der Waals surface area contributed by atoms with E-state index in [1.54, 1.807) is 12.1 Å². The number of aliphatic carboxylic acids is 1. The van der Waals surface area contributed by atoms with Crippen LogP contribution in [-0.2, 0) is 4.79 Å². The molecule has 0 bridgehead atoms. The van der Waals surface area contributed by atoms with Crippen molar-refractivity contribution >= 4 is 27.8 Å². The number of halogens is 1. The third-order valence-corrected chi connectivity index (χ3v) is 4.57. The fraction of sp³-hybridized carbons (Fsp3) is 0.467. The number of carboxylic acids is 1. The summed E-state index contributed by atoms with van der Waals surface area (Å²) >= 11 is 3.41. The highest BCUT2D eigenvalue weighted by Crippen LogP contribution is 2.22. The van der Waals surface area contributed by atoms with E-state index in [9.17, 15) is 14.7 Å². The van der Waals surface area contributed by atoms with Crippen LogP contribution in [0.1, 0.15) is 41.6 Å². The summed E-state index contributed by atoms with van der Waals surface area (Å²) in [5, 5.41) is 9.33. The molecule has 1 aromatic rings. The lowest BCUT2D eigenvalue weighted by molar-refractivity contribution is -0.142. The highest BCUT2D eigenvalue weighted by molar-refractivity contribution is 9.10. The zero-order valence-corrected chi connectivity index (χ0v) is 13.0. The van der Waals surface area contributed by atoms with Gasteiger partial charge in [0.2, 0.25) is 0 Å². The third-order valence-electron chi connectivity index (χ3n) is 3.72. The van der Waals surface area contributed by atoms with Crippen LogP contribution in [0.3, 0.4) is 0 Å². The maximum absolute atomic E-state index is 12.6. The molecule has 1 fully saturated rings. The summed E-state index contributed by atoms with van der Waals surface area (Å²) in [7, 11) is 0. The van der Waals surface area contributed by atoms with Crippen molar-refractivity contribution in [1.82, 2.24) is 4.90 Å². The third kappa shape index (κ3) is 3.20. The first kappa shape index (κ1) is 15.0. The lowest BCUT2D eigenvalue weighted by Crippen LogP contribution is -2.44. The van der Waals surface area contributed by atoms with Gasteiger partial charge in [-0.1, -0.05) is 34.8 Å². The Balaban J connectivity index is 2.28. The fourth-order valence-electron chi connectivity index (χ4n) is 2.50. The normalized spacial score (nSPS) is 19.5. The minimum atomic E-state index is -0.911. The van der Waals surface area contributed by atoms with Crippen molar-refractivity contribution in [2.24, 2.45) is 0 Å². The van der Waals surface area contributed by atoms with E-state index in [-0.39, 0.29) is 5.91 Å². The summed E-state index contributed by atoms with van der Waals surface area (Å²) in [6, 6.07) is 4.68. The van der Waals surface area contributed by atoms with Crippen molar-refractivity contribution in [2.45, 2.75) is 38.6 Å². The maximum Gasteiger partial charge on any atom is 0.326 e. The van der Waals surface area contributed by atoms with E-state index in [1.807, 2.05) is 13.0 Å². The van der Waals surface area contributed by atoms with Gasteiger partial charge in [0.25, 0.3) is 5.91 Å². The Labute approximate surface area is 126 Å². The molecule has 0 aliphatic carbocycles. The molecule has 1 unspecified atom stereocenters. The second kappa shape index (κ2) is 6.39. The summed E-state index contributed by atoms with van der Waals surface area (Å²) in [5.41, 5.74) is 1.59. The quantitative estimate of drug-likeness (QED) is 0.899. The first-order valence-electron chi connectivity index (χ1n) is 6.80. The molecule has 1 atom stereocenters. The molecule has 20 heavy (non-hydrogen) atoms. The van der Waals surface area contributed by atoms with Crippen LogP contribution in [0.5, 0.6) is 0 Å². The highest BCUT2D eigenvalue weighted by Gasteiger charge is 2.31. The number of nitrogens with zero attached hydrogens (tertiary/aromatic N) is 1. The molecule has 0 saturated carbocycles. The highest BCUT2D eigenvalue weighted by atomic mass is 79.9. The predicted molar refractivity (Wildman–Crippen MR) is 79.8 cm³/mol. The monoisotopic (exact) mass is 339 g/mol. The van der Waals surface area contributed by atoms with E-state index in [0.717, 1.165) is 29.3 Å². The van der Waals surface area contributed by atoms with Crippen LogP contribution in [0.15, 0.2) is 22.7 Å². The van der Waals surface area contributed by atoms with Gasteiger partial charge in [-0.25, -0.2) is 4.79 Å². The molecule has 0 spiro atoms. The first-order chi connectivity index (χ1) is 9.50. The van der Waals surface area contributed by atoms with Crippen LogP contribution < -0.4 is 0 Å². The lowest BCUT2D eigenvalue weighted by Gasteiger charge is -2.27. The molecule has 1 aromatic carbocycles. The molecule has 108 valence electrons. The fourth-order valence-corrected chi connectivity index (χ4v) is 2.88. The molecule has 5 heteroatoms. The van der Waals surface area contributed by atoms with Crippen molar-refractivity contribution < 1.29 is 14.7 Å². The molecule has 0 aromatic heterocycles. The summed E-state index contributed by atoms with van der Waals surface area (Å²) in [6.45, 7) is 2.46. The van der Waals surface area contributed by atoms with Gasteiger partial charge >= 0.3 is 5.97 Å².